The van der Waals surface area contributed by atoms with E-state index in [9.17, 15) is 0 Å². The molecule has 0 bridgehead atoms. The molecule has 0 saturated carbocycles. The van der Waals surface area contributed by atoms with Crippen molar-refractivity contribution < 1.29 is 0 Å². The smallest absolute Gasteiger partial charge is 0.0701 e. The molecule has 1 unspecified atom stereocenters. The van der Waals surface area contributed by atoms with Crippen LogP contribution in [0.5, 0.6) is 0 Å². The van der Waals surface area contributed by atoms with Crippen molar-refractivity contribution in [1.82, 2.24) is 9.88 Å². The molecule has 2 aromatic carbocycles. The summed E-state index contributed by atoms with van der Waals surface area (Å²) in [6.45, 7) is 6.56. The highest BCUT2D eigenvalue weighted by Gasteiger charge is 2.23. The van der Waals surface area contributed by atoms with Gasteiger partial charge in [0, 0.05) is 49.7 Å². The molecule has 3 heteroatoms. The Morgan fingerprint density at radius 3 is 2.43 bits per heavy atom. The fourth-order valence-corrected chi connectivity index (χ4v) is 3.84. The lowest BCUT2D eigenvalue weighted by Crippen LogP contribution is -2.51. The summed E-state index contributed by atoms with van der Waals surface area (Å²) in [5.41, 5.74) is 4.76. The average molecular weight is 370 g/mol. The highest BCUT2D eigenvalue weighted by molar-refractivity contribution is 5.63. The van der Waals surface area contributed by atoms with Gasteiger partial charge in [-0.1, -0.05) is 60.7 Å². The van der Waals surface area contributed by atoms with Crippen LogP contribution in [0.2, 0.25) is 0 Å². The highest BCUT2D eigenvalue weighted by atomic mass is 15.3. The van der Waals surface area contributed by atoms with E-state index < -0.39 is 0 Å². The first-order valence-electron chi connectivity index (χ1n) is 10.0. The molecule has 3 nitrogen and oxygen atoms in total. The zero-order valence-corrected chi connectivity index (χ0v) is 16.4. The van der Waals surface area contributed by atoms with Crippen molar-refractivity contribution in [3.05, 3.63) is 90.6 Å². The number of pyridine rings is 1. The molecule has 0 spiro atoms. The number of piperazine rings is 1. The molecule has 3 aromatic rings. The van der Waals surface area contributed by atoms with Crippen LogP contribution in [0, 0.1) is 0 Å². The maximum absolute atomic E-state index is 4.44. The summed E-state index contributed by atoms with van der Waals surface area (Å²) in [5.74, 6) is 0. The molecule has 28 heavy (non-hydrogen) atoms. The van der Waals surface area contributed by atoms with Crippen molar-refractivity contribution in [3.63, 3.8) is 0 Å². The topological polar surface area (TPSA) is 19.4 Å². The minimum atomic E-state index is 0.500. The normalized spacial score (nSPS) is 17.9. The van der Waals surface area contributed by atoms with Gasteiger partial charge in [-0.2, -0.15) is 0 Å². The molecule has 4 rings (SSSR count). The van der Waals surface area contributed by atoms with E-state index in [-0.39, 0.29) is 0 Å². The molecule has 1 saturated heterocycles. The summed E-state index contributed by atoms with van der Waals surface area (Å²) >= 11 is 0. The molecular weight excluding hydrogens is 342 g/mol. The maximum Gasteiger partial charge on any atom is 0.0701 e. The number of benzene rings is 2. The quantitative estimate of drug-likeness (QED) is 0.633. The lowest BCUT2D eigenvalue weighted by Gasteiger charge is -2.41. The van der Waals surface area contributed by atoms with Crippen molar-refractivity contribution in [2.45, 2.75) is 13.0 Å². The van der Waals surface area contributed by atoms with Gasteiger partial charge in [0.1, 0.15) is 0 Å². The van der Waals surface area contributed by atoms with Gasteiger partial charge in [-0.15, -0.1) is 0 Å². The van der Waals surface area contributed by atoms with E-state index in [0.29, 0.717) is 6.04 Å². The van der Waals surface area contributed by atoms with Gasteiger partial charge in [0.25, 0.3) is 0 Å². The lowest BCUT2D eigenvalue weighted by atomic mass is 10.1. The fraction of sp³-hybridized carbons (Fsp3) is 0.240. The minimum absolute atomic E-state index is 0.500. The van der Waals surface area contributed by atoms with E-state index in [1.54, 1.807) is 0 Å². The van der Waals surface area contributed by atoms with Crippen LogP contribution in [0.25, 0.3) is 17.3 Å². The SMILES string of the molecule is CC1CN(CC=Cc2ccccc2)CCN1c1ccc(-c2ccccn2)cc1. The standard InChI is InChI=1S/C25H27N3/c1-21-20-27(17-7-10-22-8-3-2-4-9-22)18-19-28(21)24-14-12-23(13-15-24)25-11-5-6-16-26-25/h2-16,21H,17-20H2,1H3. The molecule has 142 valence electrons. The summed E-state index contributed by atoms with van der Waals surface area (Å²) in [5, 5.41) is 0. The predicted molar refractivity (Wildman–Crippen MR) is 118 cm³/mol. The third kappa shape index (κ3) is 4.49. The number of rotatable bonds is 5. The molecule has 1 aliphatic rings. The Kier molecular flexibility index (Phi) is 5.83. The maximum atomic E-state index is 4.44. The molecule has 0 aliphatic carbocycles. The van der Waals surface area contributed by atoms with Gasteiger partial charge in [0.15, 0.2) is 0 Å². The third-order valence-corrected chi connectivity index (χ3v) is 5.34. The molecule has 2 heterocycles. The molecule has 1 atom stereocenters. The predicted octanol–water partition coefficient (Wildman–Crippen LogP) is 4.97. The zero-order valence-electron chi connectivity index (χ0n) is 16.4. The van der Waals surface area contributed by atoms with Gasteiger partial charge in [0.05, 0.1) is 5.69 Å². The van der Waals surface area contributed by atoms with E-state index >= 15 is 0 Å². The van der Waals surface area contributed by atoms with Gasteiger partial charge >= 0.3 is 0 Å². The van der Waals surface area contributed by atoms with E-state index in [1.807, 2.05) is 18.3 Å². The molecular formula is C25H27N3. The first-order valence-corrected chi connectivity index (χ1v) is 10.0. The van der Waals surface area contributed by atoms with Crippen LogP contribution in [0.3, 0.4) is 0 Å². The second-order valence-electron chi connectivity index (χ2n) is 7.38. The van der Waals surface area contributed by atoms with Crippen LogP contribution in [0.4, 0.5) is 5.69 Å². The van der Waals surface area contributed by atoms with Crippen LogP contribution in [0.15, 0.2) is 85.1 Å². The van der Waals surface area contributed by atoms with Crippen LogP contribution in [0.1, 0.15) is 12.5 Å². The Morgan fingerprint density at radius 2 is 1.71 bits per heavy atom. The van der Waals surface area contributed by atoms with Crippen LogP contribution < -0.4 is 4.90 Å². The van der Waals surface area contributed by atoms with Crippen molar-refractivity contribution >= 4 is 11.8 Å². The van der Waals surface area contributed by atoms with Crippen LogP contribution in [-0.4, -0.2) is 42.1 Å². The molecule has 0 N–H and O–H groups in total. The van der Waals surface area contributed by atoms with E-state index in [2.05, 4.69) is 94.5 Å². The van der Waals surface area contributed by atoms with Crippen molar-refractivity contribution in [1.29, 1.82) is 0 Å². The van der Waals surface area contributed by atoms with E-state index in [0.717, 1.165) is 31.9 Å². The zero-order chi connectivity index (χ0) is 19.2. The van der Waals surface area contributed by atoms with Crippen LogP contribution >= 0.6 is 0 Å². The second-order valence-corrected chi connectivity index (χ2v) is 7.38. The van der Waals surface area contributed by atoms with Gasteiger partial charge in [-0.3, -0.25) is 9.88 Å². The molecule has 0 radical (unpaired) electrons. The summed E-state index contributed by atoms with van der Waals surface area (Å²) in [7, 11) is 0. The summed E-state index contributed by atoms with van der Waals surface area (Å²) in [6, 6.07) is 25.9. The first-order chi connectivity index (χ1) is 13.8. The Bertz CT molecular complexity index is 888. The van der Waals surface area contributed by atoms with E-state index in [4.69, 9.17) is 0 Å². The summed E-state index contributed by atoms with van der Waals surface area (Å²) in [4.78, 5) is 9.48. The minimum Gasteiger partial charge on any atom is -0.366 e. The number of hydrogen-bond acceptors (Lipinski definition) is 3. The fourth-order valence-electron chi connectivity index (χ4n) is 3.84. The number of nitrogens with zero attached hydrogens (tertiary/aromatic N) is 3. The van der Waals surface area contributed by atoms with Gasteiger partial charge in [-0.25, -0.2) is 0 Å². The van der Waals surface area contributed by atoms with Crippen LogP contribution in [-0.2, 0) is 0 Å². The Hall–Kier alpha value is -2.91. The average Bonchev–Trinajstić information content (AvgIpc) is 2.75. The Morgan fingerprint density at radius 1 is 0.929 bits per heavy atom. The molecule has 1 aromatic heterocycles. The monoisotopic (exact) mass is 369 g/mol. The van der Waals surface area contributed by atoms with Gasteiger partial charge < -0.3 is 4.90 Å². The number of anilines is 1. The first kappa shape index (κ1) is 18.5. The van der Waals surface area contributed by atoms with E-state index in [1.165, 1.54) is 16.8 Å². The van der Waals surface area contributed by atoms with Crippen molar-refractivity contribution in [2.24, 2.45) is 0 Å². The van der Waals surface area contributed by atoms with Crippen molar-refractivity contribution in [3.8, 4) is 11.3 Å². The molecule has 1 aliphatic heterocycles. The Labute approximate surface area is 168 Å². The Balaban J connectivity index is 1.34. The summed E-state index contributed by atoms with van der Waals surface area (Å²) < 4.78 is 0. The van der Waals surface area contributed by atoms with Gasteiger partial charge in [0.2, 0.25) is 0 Å². The molecule has 0 amide bonds. The number of hydrogen-bond donors (Lipinski definition) is 0. The van der Waals surface area contributed by atoms with Crippen molar-refractivity contribution in [2.75, 3.05) is 31.1 Å². The second kappa shape index (κ2) is 8.85. The molecule has 1 fully saturated rings. The van der Waals surface area contributed by atoms with Gasteiger partial charge in [-0.05, 0) is 36.8 Å². The number of aromatic nitrogens is 1. The lowest BCUT2D eigenvalue weighted by molar-refractivity contribution is 0.251. The third-order valence-electron chi connectivity index (χ3n) is 5.34. The largest absolute Gasteiger partial charge is 0.366 e. The highest BCUT2D eigenvalue weighted by Crippen LogP contribution is 2.24. The summed E-state index contributed by atoms with van der Waals surface area (Å²) in [6.07, 6.45) is 6.34.